The molecule has 100 valence electrons. The van der Waals surface area contributed by atoms with E-state index in [-0.39, 0.29) is 5.91 Å². The van der Waals surface area contributed by atoms with Crippen molar-refractivity contribution in [2.24, 2.45) is 0 Å². The van der Waals surface area contributed by atoms with E-state index >= 15 is 0 Å². The van der Waals surface area contributed by atoms with E-state index in [9.17, 15) is 4.79 Å². The Morgan fingerprint density at radius 2 is 2.00 bits per heavy atom. The zero-order chi connectivity index (χ0) is 14.2. The fourth-order valence-corrected chi connectivity index (χ4v) is 2.44. The summed E-state index contributed by atoms with van der Waals surface area (Å²) in [6.45, 7) is 0. The van der Waals surface area contributed by atoms with Crippen LogP contribution >= 0.6 is 11.8 Å². The summed E-state index contributed by atoms with van der Waals surface area (Å²) < 4.78 is 0. The number of pyridine rings is 1. The molecule has 0 spiro atoms. The number of anilines is 1. The number of amides is 1. The van der Waals surface area contributed by atoms with E-state index in [1.807, 2.05) is 12.1 Å². The maximum absolute atomic E-state index is 11.8. The highest BCUT2D eigenvalue weighted by molar-refractivity contribution is 7.99. The van der Waals surface area contributed by atoms with Gasteiger partial charge in [-0.25, -0.2) is 0 Å². The van der Waals surface area contributed by atoms with Gasteiger partial charge in [-0.3, -0.25) is 9.78 Å². The van der Waals surface area contributed by atoms with Gasteiger partial charge in [0.2, 0.25) is 5.91 Å². The number of thioether (sulfide) groups is 1. The summed E-state index contributed by atoms with van der Waals surface area (Å²) in [5.41, 5.74) is 1.04. The average Bonchev–Trinajstić information content (AvgIpc) is 2.49. The first kappa shape index (κ1) is 14.1. The summed E-state index contributed by atoms with van der Waals surface area (Å²) in [5, 5.41) is 11.7. The minimum absolute atomic E-state index is 0.0887. The Kier molecular flexibility index (Phi) is 5.15. The first-order chi connectivity index (χ1) is 9.79. The lowest BCUT2D eigenvalue weighted by Gasteiger charge is -2.06. The van der Waals surface area contributed by atoms with Gasteiger partial charge in [0.15, 0.2) is 0 Å². The molecule has 0 aliphatic carbocycles. The average molecular weight is 283 g/mol. The number of para-hydroxylation sites is 1. The van der Waals surface area contributed by atoms with Crippen molar-refractivity contribution in [3.8, 4) is 6.07 Å². The normalized spacial score (nSPS) is 9.75. The van der Waals surface area contributed by atoms with Gasteiger partial charge in [0.05, 0.1) is 11.3 Å². The molecule has 0 fully saturated rings. The summed E-state index contributed by atoms with van der Waals surface area (Å²) in [5.74, 6) is 0.596. The summed E-state index contributed by atoms with van der Waals surface area (Å²) in [6, 6.07) is 12.9. The van der Waals surface area contributed by atoms with Gasteiger partial charge in [-0.05, 0) is 24.3 Å². The van der Waals surface area contributed by atoms with Crippen molar-refractivity contribution < 1.29 is 4.79 Å². The molecule has 4 nitrogen and oxygen atoms in total. The van der Waals surface area contributed by atoms with Crippen molar-refractivity contribution in [2.75, 3.05) is 11.1 Å². The molecular formula is C15H13N3OS. The quantitative estimate of drug-likeness (QED) is 0.856. The van der Waals surface area contributed by atoms with E-state index in [4.69, 9.17) is 5.26 Å². The van der Waals surface area contributed by atoms with Crippen LogP contribution in [0.2, 0.25) is 0 Å². The number of rotatable bonds is 5. The van der Waals surface area contributed by atoms with E-state index in [0.29, 0.717) is 23.4 Å². The Morgan fingerprint density at radius 3 is 2.75 bits per heavy atom. The van der Waals surface area contributed by atoms with E-state index in [1.54, 1.807) is 48.4 Å². The molecule has 2 aromatic rings. The number of hydrogen-bond acceptors (Lipinski definition) is 4. The third-order valence-corrected chi connectivity index (χ3v) is 3.58. The molecule has 1 heterocycles. The molecule has 1 N–H and O–H groups in total. The van der Waals surface area contributed by atoms with Crippen LogP contribution in [0.25, 0.3) is 0 Å². The molecule has 0 aliphatic heterocycles. The highest BCUT2D eigenvalue weighted by Gasteiger charge is 2.06. The molecule has 2 rings (SSSR count). The Hall–Kier alpha value is -2.32. The molecule has 1 aromatic carbocycles. The van der Waals surface area contributed by atoms with Crippen LogP contribution in [0.3, 0.4) is 0 Å². The standard InChI is InChI=1S/C15H13N3OS/c16-11-12-3-1-2-4-14(12)18-15(19)7-10-20-13-5-8-17-9-6-13/h1-6,8-9H,7,10H2,(H,18,19). The molecular weight excluding hydrogens is 270 g/mol. The first-order valence-electron chi connectivity index (χ1n) is 6.11. The number of nitrogens with one attached hydrogen (secondary N) is 1. The topological polar surface area (TPSA) is 65.8 Å². The summed E-state index contributed by atoms with van der Waals surface area (Å²) in [6.07, 6.45) is 3.85. The highest BCUT2D eigenvalue weighted by atomic mass is 32.2. The molecule has 0 atom stereocenters. The second kappa shape index (κ2) is 7.31. The van der Waals surface area contributed by atoms with Crippen LogP contribution < -0.4 is 5.32 Å². The van der Waals surface area contributed by atoms with Crippen molar-refractivity contribution in [3.63, 3.8) is 0 Å². The van der Waals surface area contributed by atoms with Gasteiger partial charge in [0.25, 0.3) is 0 Å². The Bertz CT molecular complexity index is 623. The van der Waals surface area contributed by atoms with E-state index in [2.05, 4.69) is 16.4 Å². The Morgan fingerprint density at radius 1 is 1.25 bits per heavy atom. The first-order valence-corrected chi connectivity index (χ1v) is 7.10. The van der Waals surface area contributed by atoms with E-state index in [1.165, 1.54) is 0 Å². The number of benzene rings is 1. The third-order valence-electron chi connectivity index (χ3n) is 2.57. The molecule has 1 amide bonds. The lowest BCUT2D eigenvalue weighted by molar-refractivity contribution is -0.115. The van der Waals surface area contributed by atoms with Crippen LogP contribution in [-0.2, 0) is 4.79 Å². The fraction of sp³-hybridized carbons (Fsp3) is 0.133. The predicted octanol–water partition coefficient (Wildman–Crippen LogP) is 3.07. The SMILES string of the molecule is N#Cc1ccccc1NC(=O)CCSc1ccncc1. The van der Waals surface area contributed by atoms with Crippen LogP contribution in [0.15, 0.2) is 53.7 Å². The number of nitriles is 1. The largest absolute Gasteiger partial charge is 0.325 e. The zero-order valence-electron chi connectivity index (χ0n) is 10.7. The minimum atomic E-state index is -0.0887. The van der Waals surface area contributed by atoms with Crippen molar-refractivity contribution in [3.05, 3.63) is 54.4 Å². The van der Waals surface area contributed by atoms with Crippen LogP contribution in [0.5, 0.6) is 0 Å². The molecule has 20 heavy (non-hydrogen) atoms. The number of carbonyl (C=O) groups excluding carboxylic acids is 1. The van der Waals surface area contributed by atoms with Gasteiger partial charge in [-0.15, -0.1) is 11.8 Å². The smallest absolute Gasteiger partial charge is 0.225 e. The van der Waals surface area contributed by atoms with Gasteiger partial charge in [0, 0.05) is 29.5 Å². The van der Waals surface area contributed by atoms with Crippen LogP contribution in [0, 0.1) is 11.3 Å². The van der Waals surface area contributed by atoms with Gasteiger partial charge < -0.3 is 5.32 Å². The van der Waals surface area contributed by atoms with E-state index in [0.717, 1.165) is 4.90 Å². The number of hydrogen-bond donors (Lipinski definition) is 1. The van der Waals surface area contributed by atoms with Gasteiger partial charge in [-0.2, -0.15) is 5.26 Å². The third kappa shape index (κ3) is 4.11. The molecule has 0 radical (unpaired) electrons. The summed E-state index contributed by atoms with van der Waals surface area (Å²) >= 11 is 1.60. The number of nitrogens with zero attached hydrogens (tertiary/aromatic N) is 2. The molecule has 0 saturated heterocycles. The lowest BCUT2D eigenvalue weighted by Crippen LogP contribution is -2.13. The maximum Gasteiger partial charge on any atom is 0.225 e. The molecule has 0 unspecified atom stereocenters. The van der Waals surface area contributed by atoms with Crippen LogP contribution in [0.4, 0.5) is 5.69 Å². The summed E-state index contributed by atoms with van der Waals surface area (Å²) in [7, 11) is 0. The van der Waals surface area contributed by atoms with Crippen LogP contribution in [-0.4, -0.2) is 16.6 Å². The van der Waals surface area contributed by atoms with Gasteiger partial charge in [-0.1, -0.05) is 12.1 Å². The number of aromatic nitrogens is 1. The zero-order valence-corrected chi connectivity index (χ0v) is 11.6. The van der Waals surface area contributed by atoms with Crippen molar-refractivity contribution in [1.29, 1.82) is 5.26 Å². The maximum atomic E-state index is 11.8. The van der Waals surface area contributed by atoms with Gasteiger partial charge in [0.1, 0.15) is 6.07 Å². The van der Waals surface area contributed by atoms with Crippen LogP contribution in [0.1, 0.15) is 12.0 Å². The molecule has 5 heteroatoms. The molecule has 0 aliphatic rings. The predicted molar refractivity (Wildman–Crippen MR) is 79.4 cm³/mol. The van der Waals surface area contributed by atoms with Gasteiger partial charge >= 0.3 is 0 Å². The Balaban J connectivity index is 1.83. The van der Waals surface area contributed by atoms with Crippen molar-refractivity contribution in [2.45, 2.75) is 11.3 Å². The highest BCUT2D eigenvalue weighted by Crippen LogP contribution is 2.18. The minimum Gasteiger partial charge on any atom is -0.325 e. The van der Waals surface area contributed by atoms with Crippen molar-refractivity contribution >= 4 is 23.4 Å². The Labute approximate surface area is 121 Å². The second-order valence-electron chi connectivity index (χ2n) is 3.99. The second-order valence-corrected chi connectivity index (χ2v) is 5.16. The monoisotopic (exact) mass is 283 g/mol. The summed E-state index contributed by atoms with van der Waals surface area (Å²) in [4.78, 5) is 16.9. The molecule has 0 bridgehead atoms. The molecule has 1 aromatic heterocycles. The molecule has 0 saturated carbocycles. The number of carbonyl (C=O) groups is 1. The van der Waals surface area contributed by atoms with E-state index < -0.39 is 0 Å². The fourth-order valence-electron chi connectivity index (χ4n) is 1.60. The van der Waals surface area contributed by atoms with Crippen molar-refractivity contribution in [1.82, 2.24) is 4.98 Å². The lowest BCUT2D eigenvalue weighted by atomic mass is 10.2.